The van der Waals surface area contributed by atoms with Gasteiger partial charge in [0.2, 0.25) is 10.0 Å². The van der Waals surface area contributed by atoms with Crippen molar-refractivity contribution in [2.24, 2.45) is 0 Å². The van der Waals surface area contributed by atoms with Crippen LogP contribution >= 0.6 is 0 Å². The van der Waals surface area contributed by atoms with E-state index >= 15 is 0 Å². The van der Waals surface area contributed by atoms with Crippen LogP contribution in [-0.4, -0.2) is 21.0 Å². The van der Waals surface area contributed by atoms with E-state index in [1.54, 1.807) is 19.1 Å². The van der Waals surface area contributed by atoms with E-state index in [-0.39, 0.29) is 0 Å². The van der Waals surface area contributed by atoms with Crippen LogP contribution in [0.4, 0.5) is 5.69 Å². The third-order valence-corrected chi connectivity index (χ3v) is 4.96. The minimum atomic E-state index is -3.35. The van der Waals surface area contributed by atoms with Crippen molar-refractivity contribution in [3.05, 3.63) is 24.3 Å². The van der Waals surface area contributed by atoms with Crippen molar-refractivity contribution in [2.75, 3.05) is 11.9 Å². The second-order valence-corrected chi connectivity index (χ2v) is 7.19. The molecule has 1 rings (SSSR count). The van der Waals surface area contributed by atoms with Gasteiger partial charge in [0.1, 0.15) is 0 Å². The smallest absolute Gasteiger partial charge is 0.240 e. The highest BCUT2D eigenvalue weighted by molar-refractivity contribution is 7.89. The van der Waals surface area contributed by atoms with E-state index in [2.05, 4.69) is 23.9 Å². The first-order valence-electron chi connectivity index (χ1n) is 7.85. The molecule has 0 amide bonds. The molecule has 4 nitrogen and oxygen atoms in total. The first-order chi connectivity index (χ1) is 9.99. The fourth-order valence-electron chi connectivity index (χ4n) is 2.24. The normalized spacial score (nSPS) is 13.1. The van der Waals surface area contributed by atoms with E-state index in [1.807, 2.05) is 12.1 Å². The predicted molar refractivity (Wildman–Crippen MR) is 89.1 cm³/mol. The van der Waals surface area contributed by atoms with Crippen molar-refractivity contribution in [3.8, 4) is 0 Å². The minimum Gasteiger partial charge on any atom is -0.383 e. The van der Waals surface area contributed by atoms with Gasteiger partial charge >= 0.3 is 0 Å². The average molecular weight is 312 g/mol. The lowest BCUT2D eigenvalue weighted by atomic mass is 10.1. The molecule has 1 aromatic rings. The van der Waals surface area contributed by atoms with Crippen molar-refractivity contribution in [1.29, 1.82) is 0 Å². The van der Waals surface area contributed by atoms with Crippen LogP contribution in [0.2, 0.25) is 0 Å². The highest BCUT2D eigenvalue weighted by Crippen LogP contribution is 2.16. The fraction of sp³-hybridized carbons (Fsp3) is 0.625. The zero-order valence-electron chi connectivity index (χ0n) is 13.4. The van der Waals surface area contributed by atoms with Gasteiger partial charge in [0.05, 0.1) is 4.90 Å². The lowest BCUT2D eigenvalue weighted by molar-refractivity contribution is 0.584. The summed E-state index contributed by atoms with van der Waals surface area (Å²) in [6.45, 7) is 6.55. The molecular formula is C16H28N2O2S. The summed E-state index contributed by atoms with van der Waals surface area (Å²) in [7, 11) is -3.35. The molecule has 0 aromatic heterocycles. The standard InChI is InChI=1S/C16H28N2O2S/c1-4-6-7-8-9-14(3)18-15-10-12-16(13-11-15)21(19,20)17-5-2/h10-14,17-18H,4-9H2,1-3H3. The van der Waals surface area contributed by atoms with E-state index in [0.29, 0.717) is 17.5 Å². The van der Waals surface area contributed by atoms with Crippen LogP contribution in [0.3, 0.4) is 0 Å². The summed E-state index contributed by atoms with van der Waals surface area (Å²) in [6, 6.07) is 7.34. The van der Waals surface area contributed by atoms with E-state index in [4.69, 9.17) is 0 Å². The van der Waals surface area contributed by atoms with Gasteiger partial charge in [-0.3, -0.25) is 0 Å². The molecule has 2 N–H and O–H groups in total. The summed E-state index contributed by atoms with van der Waals surface area (Å²) in [5, 5.41) is 3.41. The van der Waals surface area contributed by atoms with Gasteiger partial charge in [0.25, 0.3) is 0 Å². The lowest BCUT2D eigenvalue weighted by Crippen LogP contribution is -2.23. The third-order valence-electron chi connectivity index (χ3n) is 3.40. The largest absolute Gasteiger partial charge is 0.383 e. The van der Waals surface area contributed by atoms with E-state index in [1.165, 1.54) is 25.7 Å². The Balaban J connectivity index is 2.51. The molecule has 0 aliphatic rings. The molecule has 1 aromatic carbocycles. The Morgan fingerprint density at radius 3 is 2.29 bits per heavy atom. The molecule has 0 radical (unpaired) electrons. The minimum absolute atomic E-state index is 0.311. The number of benzene rings is 1. The van der Waals surface area contributed by atoms with Gasteiger partial charge in [-0.05, 0) is 37.6 Å². The van der Waals surface area contributed by atoms with Crippen LogP contribution in [0.15, 0.2) is 29.2 Å². The van der Waals surface area contributed by atoms with E-state index < -0.39 is 10.0 Å². The molecule has 120 valence electrons. The molecule has 0 saturated carbocycles. The summed E-state index contributed by atoms with van der Waals surface area (Å²) >= 11 is 0. The van der Waals surface area contributed by atoms with Crippen LogP contribution in [-0.2, 0) is 10.0 Å². The summed E-state index contributed by atoms with van der Waals surface area (Å²) in [5.74, 6) is 0. The van der Waals surface area contributed by atoms with Crippen LogP contribution in [0, 0.1) is 0 Å². The number of hydrogen-bond donors (Lipinski definition) is 2. The molecule has 1 atom stereocenters. The zero-order chi connectivity index (χ0) is 15.7. The number of unbranched alkanes of at least 4 members (excludes halogenated alkanes) is 3. The molecular weight excluding hydrogens is 284 g/mol. The van der Waals surface area contributed by atoms with Gasteiger partial charge in [-0.1, -0.05) is 39.5 Å². The first-order valence-corrected chi connectivity index (χ1v) is 9.34. The molecule has 5 heteroatoms. The SMILES string of the molecule is CCCCCCC(C)Nc1ccc(S(=O)(=O)NCC)cc1. The summed E-state index contributed by atoms with van der Waals surface area (Å²) in [6.07, 6.45) is 6.20. The second kappa shape index (κ2) is 9.05. The maximum absolute atomic E-state index is 11.8. The van der Waals surface area contributed by atoms with Crippen molar-refractivity contribution < 1.29 is 8.42 Å². The summed E-state index contributed by atoms with van der Waals surface area (Å²) in [5.41, 5.74) is 0.966. The maximum Gasteiger partial charge on any atom is 0.240 e. The van der Waals surface area contributed by atoms with Gasteiger partial charge < -0.3 is 5.32 Å². The van der Waals surface area contributed by atoms with Gasteiger partial charge in [-0.2, -0.15) is 0 Å². The Hall–Kier alpha value is -1.07. The quantitative estimate of drug-likeness (QED) is 0.647. The highest BCUT2D eigenvalue weighted by Gasteiger charge is 2.12. The zero-order valence-corrected chi connectivity index (χ0v) is 14.2. The first kappa shape index (κ1) is 18.0. The van der Waals surface area contributed by atoms with Crippen LogP contribution in [0.5, 0.6) is 0 Å². The number of rotatable bonds is 10. The number of sulfonamides is 1. The second-order valence-electron chi connectivity index (χ2n) is 5.42. The van der Waals surface area contributed by atoms with E-state index in [9.17, 15) is 8.42 Å². The van der Waals surface area contributed by atoms with Crippen molar-refractivity contribution in [2.45, 2.75) is 63.8 Å². The molecule has 21 heavy (non-hydrogen) atoms. The Bertz CT molecular complexity index is 498. The van der Waals surface area contributed by atoms with Crippen LogP contribution < -0.4 is 10.0 Å². The Morgan fingerprint density at radius 2 is 1.71 bits per heavy atom. The number of nitrogens with one attached hydrogen (secondary N) is 2. The van der Waals surface area contributed by atoms with Gasteiger partial charge in [-0.25, -0.2) is 13.1 Å². The molecule has 0 spiro atoms. The highest BCUT2D eigenvalue weighted by atomic mass is 32.2. The van der Waals surface area contributed by atoms with Crippen molar-refractivity contribution in [3.63, 3.8) is 0 Å². The lowest BCUT2D eigenvalue weighted by Gasteiger charge is -2.15. The molecule has 0 saturated heterocycles. The Morgan fingerprint density at radius 1 is 1.05 bits per heavy atom. The molecule has 0 heterocycles. The molecule has 0 aliphatic carbocycles. The molecule has 0 bridgehead atoms. The Labute approximate surface area is 129 Å². The predicted octanol–water partition coefficient (Wildman–Crippen LogP) is 3.76. The van der Waals surface area contributed by atoms with Gasteiger partial charge in [-0.15, -0.1) is 0 Å². The topological polar surface area (TPSA) is 58.2 Å². The number of hydrogen-bond acceptors (Lipinski definition) is 3. The van der Waals surface area contributed by atoms with E-state index in [0.717, 1.165) is 12.1 Å². The Kier molecular flexibility index (Phi) is 7.75. The van der Waals surface area contributed by atoms with Gasteiger partial charge in [0, 0.05) is 18.3 Å². The van der Waals surface area contributed by atoms with Crippen molar-refractivity contribution in [1.82, 2.24) is 4.72 Å². The van der Waals surface area contributed by atoms with Crippen molar-refractivity contribution >= 4 is 15.7 Å². The van der Waals surface area contributed by atoms with Crippen LogP contribution in [0.1, 0.15) is 52.9 Å². The summed E-state index contributed by atoms with van der Waals surface area (Å²) < 4.78 is 26.2. The monoisotopic (exact) mass is 312 g/mol. The van der Waals surface area contributed by atoms with Crippen LogP contribution in [0.25, 0.3) is 0 Å². The summed E-state index contributed by atoms with van der Waals surface area (Å²) in [4.78, 5) is 0.311. The molecule has 1 unspecified atom stereocenters. The number of anilines is 1. The van der Waals surface area contributed by atoms with Gasteiger partial charge in [0.15, 0.2) is 0 Å². The average Bonchev–Trinajstić information content (AvgIpc) is 2.44. The maximum atomic E-state index is 11.8. The molecule has 0 aliphatic heterocycles. The fourth-order valence-corrected chi connectivity index (χ4v) is 3.28. The molecule has 0 fully saturated rings. The third kappa shape index (κ3) is 6.48.